The van der Waals surface area contributed by atoms with E-state index >= 15 is 0 Å². The summed E-state index contributed by atoms with van der Waals surface area (Å²) < 4.78 is 6.39. The molecule has 1 aliphatic heterocycles. The Balaban J connectivity index is 1.75. The van der Waals surface area contributed by atoms with E-state index in [1.54, 1.807) is 6.92 Å². The van der Waals surface area contributed by atoms with Crippen LogP contribution in [0.3, 0.4) is 0 Å². The molecule has 7 nitrogen and oxygen atoms in total. The van der Waals surface area contributed by atoms with Crippen LogP contribution in [-0.4, -0.2) is 51.0 Å². The maximum atomic E-state index is 11.2. The largest absolute Gasteiger partial charge is 0.465 e. The highest BCUT2D eigenvalue weighted by Gasteiger charge is 2.14. The van der Waals surface area contributed by atoms with Crippen molar-refractivity contribution < 1.29 is 14.3 Å². The minimum atomic E-state index is -0.253. The van der Waals surface area contributed by atoms with E-state index in [1.807, 2.05) is 0 Å². The van der Waals surface area contributed by atoms with Gasteiger partial charge in [-0.25, -0.2) is 5.43 Å². The molecule has 1 aromatic rings. The summed E-state index contributed by atoms with van der Waals surface area (Å²) in [4.78, 5) is 22.2. The summed E-state index contributed by atoms with van der Waals surface area (Å²) >= 11 is 5.46. The highest BCUT2D eigenvalue weighted by atomic mass is 32.2. The van der Waals surface area contributed by atoms with Gasteiger partial charge in [-0.05, 0) is 6.92 Å². The Bertz CT molecular complexity index is 548. The van der Waals surface area contributed by atoms with Crippen LogP contribution in [0.25, 0.3) is 0 Å². The fourth-order valence-corrected chi connectivity index (χ4v) is 4.65. The third kappa shape index (κ3) is 5.85. The average Bonchev–Trinajstić information content (AvgIpc) is 2.93. The number of rotatable bonds is 7. The van der Waals surface area contributed by atoms with Crippen molar-refractivity contribution in [3.8, 4) is 0 Å². The van der Waals surface area contributed by atoms with Gasteiger partial charge in [0.05, 0.1) is 18.1 Å². The predicted molar refractivity (Wildman–Crippen MR) is 86.4 cm³/mol. The Morgan fingerprint density at radius 1 is 1.38 bits per heavy atom. The second-order valence-corrected chi connectivity index (χ2v) is 7.95. The van der Waals surface area contributed by atoms with Gasteiger partial charge in [-0.3, -0.25) is 9.59 Å². The van der Waals surface area contributed by atoms with Crippen LogP contribution in [0.2, 0.25) is 0 Å². The zero-order chi connectivity index (χ0) is 15.1. The molecule has 1 aromatic heterocycles. The molecule has 0 atom stereocenters. The maximum absolute atomic E-state index is 11.2. The zero-order valence-electron chi connectivity index (χ0n) is 11.0. The zero-order valence-corrected chi connectivity index (χ0v) is 14.3. The van der Waals surface area contributed by atoms with Crippen molar-refractivity contribution in [2.24, 2.45) is 5.10 Å². The number of carbonyl (C=O) groups excluding carboxylic acids is 2. The predicted octanol–water partition coefficient (Wildman–Crippen LogP) is 2.10. The lowest BCUT2D eigenvalue weighted by molar-refractivity contribution is -0.139. The molecule has 0 aliphatic carbocycles. The summed E-state index contributed by atoms with van der Waals surface area (Å²) in [6.45, 7) is 2.16. The monoisotopic (exact) mass is 364 g/mol. The fraction of sp³-hybridized carbons (Fsp3) is 0.500. The van der Waals surface area contributed by atoms with Gasteiger partial charge in [-0.2, -0.15) is 5.10 Å². The molecule has 114 valence electrons. The first-order valence-electron chi connectivity index (χ1n) is 5.90. The third-order valence-electron chi connectivity index (χ3n) is 2.04. The molecule has 0 spiro atoms. The van der Waals surface area contributed by atoms with Gasteiger partial charge in [0, 0.05) is 11.5 Å². The van der Waals surface area contributed by atoms with Crippen LogP contribution in [0, 0.1) is 0 Å². The molecule has 0 bridgehead atoms. The number of nitrogens with one attached hydrogen (secondary N) is 1. The molecule has 1 N–H and O–H groups in total. The van der Waals surface area contributed by atoms with E-state index in [0.717, 1.165) is 14.4 Å². The van der Waals surface area contributed by atoms with Crippen molar-refractivity contribution in [2.75, 3.05) is 23.9 Å². The first-order chi connectivity index (χ1) is 10.2. The van der Waals surface area contributed by atoms with E-state index in [4.69, 9.17) is 4.74 Å². The van der Waals surface area contributed by atoms with Crippen LogP contribution >= 0.6 is 46.6 Å². The fourth-order valence-electron chi connectivity index (χ4n) is 1.19. The van der Waals surface area contributed by atoms with Crippen LogP contribution in [0.4, 0.5) is 4.79 Å². The average molecular weight is 364 g/mol. The summed E-state index contributed by atoms with van der Waals surface area (Å²) in [6.07, 6.45) is 0. The number of esters is 1. The highest BCUT2D eigenvalue weighted by molar-refractivity contribution is 8.14. The quantitative estimate of drug-likeness (QED) is 0.581. The van der Waals surface area contributed by atoms with Crippen LogP contribution in [0.5, 0.6) is 0 Å². The molecule has 2 rings (SSSR count). The molecule has 11 heteroatoms. The Labute approximate surface area is 138 Å². The van der Waals surface area contributed by atoms with Crippen molar-refractivity contribution in [2.45, 2.75) is 15.6 Å². The van der Waals surface area contributed by atoms with Gasteiger partial charge in [0.15, 0.2) is 8.68 Å². The summed E-state index contributed by atoms with van der Waals surface area (Å²) in [5.41, 5.74) is 3.33. The number of amides is 1. The van der Waals surface area contributed by atoms with Crippen molar-refractivity contribution in [1.29, 1.82) is 0 Å². The Morgan fingerprint density at radius 3 is 2.81 bits per heavy atom. The summed E-state index contributed by atoms with van der Waals surface area (Å²) in [7, 11) is 0. The number of ether oxygens (including phenoxy) is 1. The topological polar surface area (TPSA) is 93.5 Å². The van der Waals surface area contributed by atoms with Crippen LogP contribution in [0.1, 0.15) is 6.92 Å². The molecular weight excluding hydrogens is 352 g/mol. The number of carbonyl (C=O) groups is 2. The minimum Gasteiger partial charge on any atom is -0.465 e. The molecule has 0 aromatic carbocycles. The Kier molecular flexibility index (Phi) is 6.80. The van der Waals surface area contributed by atoms with Crippen molar-refractivity contribution in [3.05, 3.63) is 0 Å². The minimum absolute atomic E-state index is 0.127. The number of thioether (sulfide) groups is 3. The number of hydrogen-bond donors (Lipinski definition) is 1. The van der Waals surface area contributed by atoms with Crippen LogP contribution in [-0.2, 0) is 9.53 Å². The first kappa shape index (κ1) is 16.6. The third-order valence-corrected chi connectivity index (χ3v) is 6.11. The van der Waals surface area contributed by atoms with Gasteiger partial charge >= 0.3 is 5.97 Å². The summed E-state index contributed by atoms with van der Waals surface area (Å²) in [6, 6.07) is 0. The van der Waals surface area contributed by atoms with Gasteiger partial charge in [0.2, 0.25) is 0 Å². The van der Waals surface area contributed by atoms with Crippen LogP contribution < -0.4 is 5.43 Å². The first-order valence-corrected chi connectivity index (χ1v) is 9.67. The Hall–Kier alpha value is -0.780. The lowest BCUT2D eigenvalue weighted by atomic mass is 10.5. The van der Waals surface area contributed by atoms with Crippen molar-refractivity contribution >= 4 is 63.5 Å². The Morgan fingerprint density at radius 2 is 2.14 bits per heavy atom. The van der Waals surface area contributed by atoms with E-state index in [-0.39, 0.29) is 17.0 Å². The molecule has 0 radical (unpaired) electrons. The standard InChI is InChI=1S/C10H12N4O3S4/c1-2-17-7(15)5-20-10-14-13-9(21-10)19-4-6-3-18-8(16)12-11-6/h2-5H2,1H3,(H,12,16). The number of hydrogen-bond acceptors (Lipinski definition) is 10. The highest BCUT2D eigenvalue weighted by Crippen LogP contribution is 2.29. The molecule has 0 fully saturated rings. The van der Waals surface area contributed by atoms with Crippen LogP contribution in [0.15, 0.2) is 13.8 Å². The van der Waals surface area contributed by atoms with E-state index in [0.29, 0.717) is 18.1 Å². The maximum Gasteiger partial charge on any atom is 0.316 e. The molecule has 0 saturated heterocycles. The lowest BCUT2D eigenvalue weighted by Crippen LogP contribution is -2.24. The number of aromatic nitrogens is 2. The smallest absolute Gasteiger partial charge is 0.316 e. The lowest BCUT2D eigenvalue weighted by Gasteiger charge is -2.09. The number of hydrazone groups is 1. The van der Waals surface area contributed by atoms with E-state index < -0.39 is 0 Å². The van der Waals surface area contributed by atoms with E-state index in [1.165, 1.54) is 46.6 Å². The van der Waals surface area contributed by atoms with Gasteiger partial charge in [-0.15, -0.1) is 10.2 Å². The number of nitrogens with zero attached hydrogens (tertiary/aromatic N) is 3. The van der Waals surface area contributed by atoms with Crippen molar-refractivity contribution in [1.82, 2.24) is 15.6 Å². The SMILES string of the molecule is CCOC(=O)CSc1nnc(SCC2=NNC(=O)SC2)s1. The second kappa shape index (κ2) is 8.61. The molecule has 2 heterocycles. The van der Waals surface area contributed by atoms with Gasteiger partial charge in [-0.1, -0.05) is 46.6 Å². The molecule has 0 saturated carbocycles. The molecular formula is C10H12N4O3S4. The van der Waals surface area contributed by atoms with Gasteiger partial charge in [0.1, 0.15) is 0 Å². The summed E-state index contributed by atoms with van der Waals surface area (Å²) in [5.74, 6) is 1.24. The molecule has 21 heavy (non-hydrogen) atoms. The van der Waals surface area contributed by atoms with Gasteiger partial charge < -0.3 is 4.74 Å². The van der Waals surface area contributed by atoms with Crippen molar-refractivity contribution in [3.63, 3.8) is 0 Å². The normalized spacial score (nSPS) is 14.5. The molecule has 1 amide bonds. The molecule has 0 unspecified atom stereocenters. The van der Waals surface area contributed by atoms with E-state index in [9.17, 15) is 9.59 Å². The van der Waals surface area contributed by atoms with E-state index in [2.05, 4.69) is 20.7 Å². The molecule has 1 aliphatic rings. The summed E-state index contributed by atoms with van der Waals surface area (Å²) in [5, 5.41) is 11.9. The van der Waals surface area contributed by atoms with Gasteiger partial charge in [0.25, 0.3) is 5.24 Å². The second-order valence-electron chi connectivity index (χ2n) is 3.58.